The number of alkyl halides is 3. The molecule has 0 bridgehead atoms. The first-order valence-corrected chi connectivity index (χ1v) is 13.7. The lowest BCUT2D eigenvalue weighted by atomic mass is 10.0. The van der Waals surface area contributed by atoms with Gasteiger partial charge in [-0.15, -0.1) is 24.9 Å². The number of halogens is 3. The molecule has 3 rings (SSSR count). The van der Waals surface area contributed by atoms with Gasteiger partial charge in [0.2, 0.25) is 0 Å². The van der Waals surface area contributed by atoms with E-state index in [-0.39, 0.29) is 18.1 Å². The normalized spacial score (nSPS) is 15.8. The van der Waals surface area contributed by atoms with Gasteiger partial charge in [-0.2, -0.15) is 0 Å². The number of Topliss-reactive ketones (excluding diaryl/α,β-unsaturated/α-hetero) is 1. The minimum atomic E-state index is -4.87. The minimum Gasteiger partial charge on any atom is -0.444 e. The molecule has 1 N–H and O–H groups in total. The number of anilines is 1. The second-order valence-electron chi connectivity index (χ2n) is 10.2. The Labute approximate surface area is 230 Å². The van der Waals surface area contributed by atoms with Gasteiger partial charge >= 0.3 is 12.5 Å². The molecule has 1 aliphatic rings. The number of ketones is 1. The zero-order valence-corrected chi connectivity index (χ0v) is 23.2. The van der Waals surface area contributed by atoms with E-state index in [9.17, 15) is 27.6 Å². The van der Waals surface area contributed by atoms with Crippen molar-refractivity contribution >= 4 is 35.2 Å². The maximum Gasteiger partial charge on any atom is 0.573 e. The molecular formula is C28H33F3N2O5S. The fourth-order valence-corrected chi connectivity index (χ4v) is 5.05. The highest BCUT2D eigenvalue weighted by atomic mass is 32.2. The molecule has 0 unspecified atom stereocenters. The van der Waals surface area contributed by atoms with Gasteiger partial charge in [0.15, 0.2) is 5.78 Å². The number of fused-ring (bicyclic) bond motifs is 1. The lowest BCUT2D eigenvalue weighted by molar-refractivity contribution is -0.274. The smallest absolute Gasteiger partial charge is 0.444 e. The third kappa shape index (κ3) is 9.19. The average Bonchev–Trinajstić information content (AvgIpc) is 2.94. The highest BCUT2D eigenvalue weighted by Gasteiger charge is 2.34. The van der Waals surface area contributed by atoms with Gasteiger partial charge in [0, 0.05) is 22.6 Å². The Hall–Kier alpha value is -3.21. The zero-order chi connectivity index (χ0) is 28.8. The Morgan fingerprint density at radius 3 is 2.51 bits per heavy atom. The number of carbonyl (C=O) groups is 3. The van der Waals surface area contributed by atoms with Gasteiger partial charge in [0.1, 0.15) is 17.4 Å². The number of hydrogen-bond donors (Lipinski definition) is 1. The van der Waals surface area contributed by atoms with E-state index < -0.39 is 35.8 Å². The Morgan fingerprint density at radius 1 is 1.10 bits per heavy atom. The molecule has 0 saturated carbocycles. The number of alkyl carbamates (subject to hydrolysis) is 1. The van der Waals surface area contributed by atoms with Gasteiger partial charge in [0.25, 0.3) is 5.91 Å². The molecule has 212 valence electrons. The van der Waals surface area contributed by atoms with Crippen LogP contribution in [0.5, 0.6) is 5.75 Å². The third-order valence-corrected chi connectivity index (χ3v) is 6.87. The number of nitrogens with one attached hydrogen (secondary N) is 1. The van der Waals surface area contributed by atoms with Crippen LogP contribution in [0.2, 0.25) is 0 Å². The summed E-state index contributed by atoms with van der Waals surface area (Å²) < 4.78 is 47.7. The summed E-state index contributed by atoms with van der Waals surface area (Å²) in [7, 11) is 0. The van der Waals surface area contributed by atoms with Gasteiger partial charge in [0.05, 0.1) is 12.2 Å². The van der Waals surface area contributed by atoms with Crippen LogP contribution in [0.3, 0.4) is 0 Å². The van der Waals surface area contributed by atoms with Crippen LogP contribution in [-0.2, 0) is 16.1 Å². The van der Waals surface area contributed by atoms with E-state index in [0.717, 1.165) is 19.3 Å². The van der Waals surface area contributed by atoms with Crippen molar-refractivity contribution in [3.8, 4) is 5.75 Å². The third-order valence-electron chi connectivity index (χ3n) is 5.71. The van der Waals surface area contributed by atoms with Gasteiger partial charge in [-0.25, -0.2) is 4.79 Å². The number of nitrogens with zero attached hydrogens (tertiary/aromatic N) is 1. The topological polar surface area (TPSA) is 84.9 Å². The zero-order valence-electron chi connectivity index (χ0n) is 22.4. The van der Waals surface area contributed by atoms with Crippen molar-refractivity contribution in [2.45, 2.75) is 82.8 Å². The van der Waals surface area contributed by atoms with E-state index in [2.05, 4.69) is 10.1 Å². The van der Waals surface area contributed by atoms with Crippen molar-refractivity contribution in [3.63, 3.8) is 0 Å². The average molecular weight is 567 g/mol. The van der Waals surface area contributed by atoms with Crippen LogP contribution in [0.25, 0.3) is 0 Å². The fraction of sp³-hybridized carbons (Fsp3) is 0.464. The second-order valence-corrected chi connectivity index (χ2v) is 11.3. The fourth-order valence-electron chi connectivity index (χ4n) is 3.99. The highest BCUT2D eigenvalue weighted by molar-refractivity contribution is 7.99. The van der Waals surface area contributed by atoms with Crippen LogP contribution in [0.4, 0.5) is 23.7 Å². The molecule has 2 amide bonds. The van der Waals surface area contributed by atoms with E-state index in [0.29, 0.717) is 28.1 Å². The van der Waals surface area contributed by atoms with E-state index in [1.165, 1.54) is 34.9 Å². The number of ether oxygens (including phenoxy) is 2. The quantitative estimate of drug-likeness (QED) is 0.263. The maximum absolute atomic E-state index is 13.8. The van der Waals surface area contributed by atoms with E-state index in [1.54, 1.807) is 45.0 Å². The first kappa shape index (κ1) is 30.3. The van der Waals surface area contributed by atoms with Crippen LogP contribution in [0.15, 0.2) is 47.4 Å². The minimum absolute atomic E-state index is 0.0584. The molecule has 11 heteroatoms. The van der Waals surface area contributed by atoms with Gasteiger partial charge < -0.3 is 19.7 Å². The van der Waals surface area contributed by atoms with E-state index >= 15 is 0 Å². The number of unbranched alkanes of at least 4 members (excludes halogenated alkanes) is 2. The molecule has 0 aromatic heterocycles. The van der Waals surface area contributed by atoms with Crippen LogP contribution in [-0.4, -0.2) is 41.5 Å². The van der Waals surface area contributed by atoms with Crippen molar-refractivity contribution in [1.29, 1.82) is 0 Å². The van der Waals surface area contributed by atoms with Gasteiger partial charge in [-0.05, 0) is 57.0 Å². The van der Waals surface area contributed by atoms with Crippen LogP contribution < -0.4 is 15.0 Å². The molecule has 1 heterocycles. The predicted molar refractivity (Wildman–Crippen MR) is 143 cm³/mol. The Bertz CT molecular complexity index is 1200. The number of amides is 2. The van der Waals surface area contributed by atoms with E-state index in [4.69, 9.17) is 4.74 Å². The lowest BCUT2D eigenvalue weighted by Crippen LogP contribution is -2.50. The molecule has 0 aliphatic carbocycles. The number of rotatable bonds is 9. The molecule has 0 fully saturated rings. The summed E-state index contributed by atoms with van der Waals surface area (Å²) in [6.07, 6.45) is -2.62. The summed E-state index contributed by atoms with van der Waals surface area (Å²) in [5.41, 5.74) is 0.483. The second kappa shape index (κ2) is 12.8. The Morgan fingerprint density at radius 2 is 1.85 bits per heavy atom. The van der Waals surface area contributed by atoms with Crippen molar-refractivity contribution in [2.75, 3.05) is 10.7 Å². The summed E-state index contributed by atoms with van der Waals surface area (Å²) >= 11 is 1.33. The number of benzene rings is 2. The summed E-state index contributed by atoms with van der Waals surface area (Å²) in [5, 5.41) is 2.62. The first-order chi connectivity index (χ1) is 18.3. The molecule has 1 aliphatic heterocycles. The van der Waals surface area contributed by atoms with E-state index in [1.807, 2.05) is 6.92 Å². The molecule has 0 saturated heterocycles. The van der Waals surface area contributed by atoms with Crippen molar-refractivity contribution in [3.05, 3.63) is 53.6 Å². The van der Waals surface area contributed by atoms with Gasteiger partial charge in [-0.3, -0.25) is 9.59 Å². The van der Waals surface area contributed by atoms with Gasteiger partial charge in [-0.1, -0.05) is 38.0 Å². The Balaban J connectivity index is 1.96. The molecule has 7 nitrogen and oxygen atoms in total. The maximum atomic E-state index is 13.8. The summed E-state index contributed by atoms with van der Waals surface area (Å²) in [4.78, 5) is 41.2. The standard InChI is InChI=1S/C28H33F3N2O5S/c1-5-6-7-11-23(34)19-12-13-24-22(15-19)33(16-18-9-8-10-20(14-18)37-28(29,30)31)25(35)21(17-39-24)32-26(36)38-27(2,3)4/h8-10,12-15,21H,5-7,11,16-17H2,1-4H3,(H,32,36)/t21-/m0/s1. The van der Waals surface area contributed by atoms with Crippen molar-refractivity contribution in [2.24, 2.45) is 0 Å². The molecule has 2 aromatic rings. The summed E-state index contributed by atoms with van der Waals surface area (Å²) in [6.45, 7) is 7.04. The number of hydrogen-bond acceptors (Lipinski definition) is 6. The molecule has 0 radical (unpaired) electrons. The molecule has 1 atom stereocenters. The lowest BCUT2D eigenvalue weighted by Gasteiger charge is -2.27. The van der Waals surface area contributed by atoms with Crippen molar-refractivity contribution < 1.29 is 37.0 Å². The highest BCUT2D eigenvalue weighted by Crippen LogP contribution is 2.37. The van der Waals surface area contributed by atoms with Crippen molar-refractivity contribution in [1.82, 2.24) is 5.32 Å². The SMILES string of the molecule is CCCCCC(=O)c1ccc2c(c1)N(Cc1cccc(OC(F)(F)F)c1)C(=O)[C@@H](NC(=O)OC(C)(C)C)CS2. The van der Waals surface area contributed by atoms with Crippen LogP contribution >= 0.6 is 11.8 Å². The summed E-state index contributed by atoms with van der Waals surface area (Å²) in [5.74, 6) is -0.760. The summed E-state index contributed by atoms with van der Waals surface area (Å²) in [6, 6.07) is 9.48. The molecule has 39 heavy (non-hydrogen) atoms. The predicted octanol–water partition coefficient (Wildman–Crippen LogP) is 6.88. The largest absolute Gasteiger partial charge is 0.573 e. The first-order valence-electron chi connectivity index (χ1n) is 12.7. The van der Waals surface area contributed by atoms with Crippen LogP contribution in [0, 0.1) is 0 Å². The molecule has 2 aromatic carbocycles. The molecular weight excluding hydrogens is 533 g/mol. The number of thioether (sulfide) groups is 1. The Kier molecular flexibility index (Phi) is 9.93. The molecule has 0 spiro atoms. The monoisotopic (exact) mass is 566 g/mol. The number of carbonyl (C=O) groups excluding carboxylic acids is 3. The van der Waals surface area contributed by atoms with Crippen LogP contribution in [0.1, 0.15) is 69.3 Å².